The average molecular weight is 418 g/mol. The van der Waals surface area contributed by atoms with Crippen molar-refractivity contribution in [2.45, 2.75) is 25.7 Å². The predicted molar refractivity (Wildman–Crippen MR) is 110 cm³/mol. The lowest BCUT2D eigenvalue weighted by molar-refractivity contribution is 0.277. The number of nitrogens with zero attached hydrogens (tertiary/aromatic N) is 2. The molecule has 2 aromatic carbocycles. The number of methoxy groups -OCH3 is 1. The first-order valence-corrected chi connectivity index (χ1v) is 9.88. The molecule has 0 radical (unpaired) electrons. The molecule has 29 heavy (non-hydrogen) atoms. The van der Waals surface area contributed by atoms with Gasteiger partial charge in [-0.15, -0.1) is 0 Å². The molecule has 2 heterocycles. The van der Waals surface area contributed by atoms with Crippen molar-refractivity contribution in [1.82, 2.24) is 9.97 Å². The monoisotopic (exact) mass is 417 g/mol. The second kappa shape index (κ2) is 8.69. The van der Waals surface area contributed by atoms with Crippen LogP contribution in [-0.2, 0) is 0 Å². The SMILES string of the molecule is COc1cc2ncnc3c2cc1OCCCCCCOc1cc(F)c(Cl)cc1N3. The van der Waals surface area contributed by atoms with Gasteiger partial charge in [0.25, 0.3) is 0 Å². The lowest BCUT2D eigenvalue weighted by Crippen LogP contribution is -2.03. The maximum Gasteiger partial charge on any atom is 0.162 e. The molecule has 0 saturated heterocycles. The van der Waals surface area contributed by atoms with Gasteiger partial charge in [0, 0.05) is 17.5 Å². The molecule has 0 atom stereocenters. The maximum absolute atomic E-state index is 14.0. The zero-order valence-corrected chi connectivity index (χ0v) is 16.8. The van der Waals surface area contributed by atoms with Gasteiger partial charge in [-0.1, -0.05) is 11.6 Å². The van der Waals surface area contributed by atoms with Crippen molar-refractivity contribution in [2.24, 2.45) is 0 Å². The molecular formula is C21H21ClFN3O3. The minimum Gasteiger partial charge on any atom is -0.493 e. The molecule has 6 nitrogen and oxygen atoms in total. The topological polar surface area (TPSA) is 65.5 Å². The summed E-state index contributed by atoms with van der Waals surface area (Å²) in [6, 6.07) is 6.45. The van der Waals surface area contributed by atoms with E-state index in [0.717, 1.165) is 31.1 Å². The van der Waals surface area contributed by atoms with Crippen molar-refractivity contribution in [3.63, 3.8) is 0 Å². The Bertz CT molecular complexity index is 1030. The predicted octanol–water partition coefficient (Wildman–Crippen LogP) is 5.51. The molecule has 1 N–H and O–H groups in total. The van der Waals surface area contributed by atoms with Crippen LogP contribution in [0.15, 0.2) is 30.6 Å². The molecule has 2 bridgehead atoms. The lowest BCUT2D eigenvalue weighted by atomic mass is 10.2. The minimum absolute atomic E-state index is 0.00168. The summed E-state index contributed by atoms with van der Waals surface area (Å²) in [5.74, 6) is 1.63. The van der Waals surface area contributed by atoms with Gasteiger partial charge in [0.15, 0.2) is 11.5 Å². The highest BCUT2D eigenvalue weighted by atomic mass is 35.5. The van der Waals surface area contributed by atoms with E-state index in [4.69, 9.17) is 25.8 Å². The fourth-order valence-corrected chi connectivity index (χ4v) is 3.39. The molecule has 0 unspecified atom stereocenters. The number of rotatable bonds is 1. The molecule has 0 amide bonds. The molecule has 0 fully saturated rings. The van der Waals surface area contributed by atoms with Crippen molar-refractivity contribution in [3.05, 3.63) is 41.4 Å². The number of anilines is 2. The Kier molecular flexibility index (Phi) is 5.85. The van der Waals surface area contributed by atoms with Crippen molar-refractivity contribution in [2.75, 3.05) is 25.6 Å². The molecule has 152 valence electrons. The Labute approximate surface area is 173 Å². The molecule has 1 aromatic heterocycles. The molecule has 3 aromatic rings. The van der Waals surface area contributed by atoms with Crippen molar-refractivity contribution >= 4 is 34.0 Å². The summed E-state index contributed by atoms with van der Waals surface area (Å²) in [6.45, 7) is 1.07. The fraction of sp³-hybridized carbons (Fsp3) is 0.333. The number of aromatic nitrogens is 2. The smallest absolute Gasteiger partial charge is 0.162 e. The van der Waals surface area contributed by atoms with Crippen LogP contribution < -0.4 is 19.5 Å². The van der Waals surface area contributed by atoms with E-state index < -0.39 is 5.82 Å². The second-order valence-corrected chi connectivity index (χ2v) is 7.15. The minimum atomic E-state index is -0.530. The van der Waals surface area contributed by atoms with E-state index in [2.05, 4.69) is 15.3 Å². The molecule has 0 aliphatic carbocycles. The highest BCUT2D eigenvalue weighted by Crippen LogP contribution is 2.37. The van der Waals surface area contributed by atoms with Crippen LogP contribution in [0.25, 0.3) is 10.9 Å². The molecule has 1 aliphatic rings. The van der Waals surface area contributed by atoms with Crippen molar-refractivity contribution in [1.29, 1.82) is 0 Å². The third-order valence-electron chi connectivity index (χ3n) is 4.75. The van der Waals surface area contributed by atoms with E-state index in [-0.39, 0.29) is 5.02 Å². The summed E-state index contributed by atoms with van der Waals surface area (Å²) in [5.41, 5.74) is 1.22. The summed E-state index contributed by atoms with van der Waals surface area (Å²) in [4.78, 5) is 8.68. The number of halogens is 2. The van der Waals surface area contributed by atoms with E-state index in [1.807, 2.05) is 12.1 Å². The summed E-state index contributed by atoms with van der Waals surface area (Å²) < 4.78 is 31.3. The Balaban J connectivity index is 1.82. The highest BCUT2D eigenvalue weighted by Gasteiger charge is 2.15. The largest absolute Gasteiger partial charge is 0.493 e. The van der Waals surface area contributed by atoms with Gasteiger partial charge in [0.1, 0.15) is 23.7 Å². The van der Waals surface area contributed by atoms with Crippen LogP contribution >= 0.6 is 11.6 Å². The first-order valence-electron chi connectivity index (χ1n) is 9.50. The van der Waals surface area contributed by atoms with Crippen molar-refractivity contribution in [3.8, 4) is 17.2 Å². The Morgan fingerprint density at radius 1 is 1.00 bits per heavy atom. The summed E-state index contributed by atoms with van der Waals surface area (Å²) >= 11 is 6.01. The van der Waals surface area contributed by atoms with Gasteiger partial charge in [-0.25, -0.2) is 14.4 Å². The van der Waals surface area contributed by atoms with Gasteiger partial charge in [-0.05, 0) is 37.8 Å². The zero-order valence-electron chi connectivity index (χ0n) is 16.0. The maximum atomic E-state index is 14.0. The molecule has 4 rings (SSSR count). The van der Waals surface area contributed by atoms with Crippen LogP contribution in [0.4, 0.5) is 15.9 Å². The molecule has 1 aliphatic heterocycles. The number of nitrogens with one attached hydrogen (secondary N) is 1. The average Bonchev–Trinajstić information content (AvgIpc) is 2.72. The first-order chi connectivity index (χ1) is 14.2. The van der Waals surface area contributed by atoms with Gasteiger partial charge in [-0.2, -0.15) is 0 Å². The van der Waals surface area contributed by atoms with Crippen LogP contribution in [0.1, 0.15) is 25.7 Å². The number of ether oxygens (including phenoxy) is 3. The quantitative estimate of drug-likeness (QED) is 0.563. The summed E-state index contributed by atoms with van der Waals surface area (Å²) in [7, 11) is 1.60. The van der Waals surface area contributed by atoms with Crippen LogP contribution in [0.3, 0.4) is 0 Å². The lowest BCUT2D eigenvalue weighted by Gasteiger charge is -2.15. The highest BCUT2D eigenvalue weighted by molar-refractivity contribution is 6.31. The van der Waals surface area contributed by atoms with Crippen LogP contribution in [0, 0.1) is 5.82 Å². The fourth-order valence-electron chi connectivity index (χ4n) is 3.23. The first kappa shape index (κ1) is 19.5. The standard InChI is InChI=1S/C21H21ClFN3O3/c1-27-19-11-16-13-8-20(19)29-7-5-3-2-4-6-28-18-10-15(23)14(22)9-17(18)26-21(13)25-12-24-16/h8-12H,2-7H2,1H3,(H,24,25,26). The Morgan fingerprint density at radius 2 is 1.76 bits per heavy atom. The third kappa shape index (κ3) is 4.29. The van der Waals surface area contributed by atoms with E-state index in [9.17, 15) is 4.39 Å². The molecule has 0 saturated carbocycles. The van der Waals surface area contributed by atoms with E-state index in [1.165, 1.54) is 18.5 Å². The number of hydrogen-bond acceptors (Lipinski definition) is 6. The van der Waals surface area contributed by atoms with Gasteiger partial charge in [-0.3, -0.25) is 0 Å². The number of hydrogen-bond donors (Lipinski definition) is 1. The van der Waals surface area contributed by atoms with E-state index in [0.29, 0.717) is 47.5 Å². The third-order valence-corrected chi connectivity index (χ3v) is 5.04. The van der Waals surface area contributed by atoms with Gasteiger partial charge < -0.3 is 19.5 Å². The second-order valence-electron chi connectivity index (χ2n) is 6.74. The van der Waals surface area contributed by atoms with Crippen molar-refractivity contribution < 1.29 is 18.6 Å². The van der Waals surface area contributed by atoms with Gasteiger partial charge >= 0.3 is 0 Å². The molecule has 0 spiro atoms. The van der Waals surface area contributed by atoms with Crippen LogP contribution in [0.2, 0.25) is 5.02 Å². The van der Waals surface area contributed by atoms with Crippen LogP contribution in [-0.4, -0.2) is 30.3 Å². The van der Waals surface area contributed by atoms with E-state index in [1.54, 1.807) is 7.11 Å². The normalized spacial score (nSPS) is 14.7. The molecular weight excluding hydrogens is 397 g/mol. The summed E-state index contributed by atoms with van der Waals surface area (Å²) in [5, 5.41) is 3.95. The van der Waals surface area contributed by atoms with Gasteiger partial charge in [0.05, 0.1) is 36.6 Å². The zero-order chi connectivity index (χ0) is 20.2. The van der Waals surface area contributed by atoms with Gasteiger partial charge in [0.2, 0.25) is 0 Å². The van der Waals surface area contributed by atoms with Crippen LogP contribution in [0.5, 0.6) is 17.2 Å². The Morgan fingerprint density at radius 3 is 2.52 bits per heavy atom. The Hall–Kier alpha value is -2.80. The number of fused-ring (bicyclic) bond motifs is 2. The summed E-state index contributed by atoms with van der Waals surface area (Å²) in [6.07, 6.45) is 5.22. The van der Waals surface area contributed by atoms with E-state index >= 15 is 0 Å². The number of benzene rings is 2. The molecule has 8 heteroatoms.